The van der Waals surface area contributed by atoms with Crippen molar-refractivity contribution in [1.82, 2.24) is 0 Å². The van der Waals surface area contributed by atoms with Crippen LogP contribution >= 0.6 is 0 Å². The molecular formula is C22H28FeN2O2. The number of allylic oxidation sites excluding steroid dienone is 10. The summed E-state index contributed by atoms with van der Waals surface area (Å²) in [6.45, 7) is 9.83. The molecule has 0 aromatic heterocycles. The van der Waals surface area contributed by atoms with Crippen LogP contribution in [0.25, 0.3) is 10.6 Å². The molecule has 2 fully saturated rings. The van der Waals surface area contributed by atoms with Crippen LogP contribution in [0.4, 0.5) is 0 Å². The van der Waals surface area contributed by atoms with Crippen molar-refractivity contribution in [3.8, 4) is 0 Å². The Labute approximate surface area is 173 Å². The maximum absolute atomic E-state index is 5.55. The summed E-state index contributed by atoms with van der Waals surface area (Å²) in [7, 11) is 0. The summed E-state index contributed by atoms with van der Waals surface area (Å²) in [6, 6.07) is 0. The molecule has 2 aliphatic carbocycles. The van der Waals surface area contributed by atoms with E-state index in [0.717, 1.165) is 11.4 Å². The normalized spacial score (nSPS) is 25.3. The molecule has 2 heterocycles. The number of nitrogens with zero attached hydrogens (tertiary/aromatic N) is 2. The second kappa shape index (κ2) is 10.1. The minimum absolute atomic E-state index is 0. The summed E-state index contributed by atoms with van der Waals surface area (Å²) in [5, 5.41) is 9.05. The van der Waals surface area contributed by atoms with Crippen molar-refractivity contribution in [3.63, 3.8) is 0 Å². The van der Waals surface area contributed by atoms with Crippen molar-refractivity contribution in [1.29, 1.82) is 0 Å². The van der Waals surface area contributed by atoms with Gasteiger partial charge < -0.3 is 20.1 Å². The fourth-order valence-corrected chi connectivity index (χ4v) is 2.92. The molecule has 2 aliphatic heterocycles. The molecule has 4 nitrogen and oxygen atoms in total. The molecule has 5 heteroatoms. The average Bonchev–Trinajstić information content (AvgIpc) is 3.44. The molecule has 2 saturated heterocycles. The topological polar surface area (TPSA) is 46.7 Å². The zero-order chi connectivity index (χ0) is 18.5. The van der Waals surface area contributed by atoms with Crippen LogP contribution in [0.1, 0.15) is 27.7 Å². The fraction of sp³-hybridized carbons (Fsp3) is 0.455. The summed E-state index contributed by atoms with van der Waals surface area (Å²) < 4.78 is 11.1. The molecule has 0 bridgehead atoms. The van der Waals surface area contributed by atoms with Crippen LogP contribution in [-0.2, 0) is 26.5 Å². The van der Waals surface area contributed by atoms with Crippen LogP contribution in [0.15, 0.2) is 71.1 Å². The monoisotopic (exact) mass is 408 g/mol. The van der Waals surface area contributed by atoms with Crippen LogP contribution in [0.2, 0.25) is 0 Å². The van der Waals surface area contributed by atoms with Gasteiger partial charge in [-0.05, 0) is 35.4 Å². The van der Waals surface area contributed by atoms with Gasteiger partial charge in [0.25, 0.3) is 0 Å². The van der Waals surface area contributed by atoms with Gasteiger partial charge in [-0.1, -0.05) is 76.3 Å². The zero-order valence-corrected chi connectivity index (χ0v) is 17.5. The van der Waals surface area contributed by atoms with E-state index in [1.807, 2.05) is 24.3 Å². The van der Waals surface area contributed by atoms with Crippen molar-refractivity contribution < 1.29 is 26.5 Å². The average molecular weight is 408 g/mol. The van der Waals surface area contributed by atoms with Crippen LogP contribution < -0.4 is 0 Å². The van der Waals surface area contributed by atoms with E-state index >= 15 is 0 Å². The molecule has 0 spiro atoms. The van der Waals surface area contributed by atoms with Gasteiger partial charge >= 0.3 is 17.1 Å². The third-order valence-electron chi connectivity index (χ3n) is 4.48. The van der Waals surface area contributed by atoms with Crippen LogP contribution in [0.3, 0.4) is 0 Å². The van der Waals surface area contributed by atoms with E-state index in [-0.39, 0.29) is 29.5 Å². The van der Waals surface area contributed by atoms with Gasteiger partial charge in [0.15, 0.2) is 0 Å². The third kappa shape index (κ3) is 5.73. The molecule has 4 rings (SSSR count). The van der Waals surface area contributed by atoms with Gasteiger partial charge in [-0.25, -0.2) is 0 Å². The Morgan fingerprint density at radius 1 is 0.704 bits per heavy atom. The van der Waals surface area contributed by atoms with E-state index in [1.54, 1.807) is 0 Å². The molecule has 4 aliphatic rings. The minimum atomic E-state index is 0. The van der Waals surface area contributed by atoms with Gasteiger partial charge in [-0.2, -0.15) is 0 Å². The van der Waals surface area contributed by atoms with Crippen molar-refractivity contribution in [2.75, 3.05) is 13.2 Å². The number of hydrogen-bond acceptors (Lipinski definition) is 2. The summed E-state index contributed by atoms with van der Waals surface area (Å²) >= 11 is 0. The Bertz CT molecular complexity index is 611. The minimum Gasteiger partial charge on any atom is -0.661 e. The van der Waals surface area contributed by atoms with Crippen molar-refractivity contribution in [3.05, 3.63) is 81.8 Å². The predicted octanol–water partition coefficient (Wildman–Crippen LogP) is 5.50. The van der Waals surface area contributed by atoms with E-state index < -0.39 is 0 Å². The summed E-state index contributed by atoms with van der Waals surface area (Å²) in [5.41, 5.74) is 4.57. The van der Waals surface area contributed by atoms with E-state index in [4.69, 9.17) is 9.47 Å². The van der Waals surface area contributed by atoms with Gasteiger partial charge in [-0.15, -0.1) is 11.4 Å². The van der Waals surface area contributed by atoms with Crippen molar-refractivity contribution in [2.45, 2.75) is 40.2 Å². The molecule has 27 heavy (non-hydrogen) atoms. The first-order valence-corrected chi connectivity index (χ1v) is 9.35. The SMILES string of the molecule is CC(C)[C@@H]1[N-]C(=C2C=CC=C2)CO1.CC(C)[C@@H]1[N-]C(=C2C=CC=C2)CO1.[Fe+2]. The maximum Gasteiger partial charge on any atom is 2.00 e. The Kier molecular flexibility index (Phi) is 8.18. The largest absolute Gasteiger partial charge is 2.00 e. The van der Waals surface area contributed by atoms with Gasteiger partial charge in [0, 0.05) is 0 Å². The van der Waals surface area contributed by atoms with E-state index in [0.29, 0.717) is 25.0 Å². The van der Waals surface area contributed by atoms with Gasteiger partial charge in [-0.3, -0.25) is 0 Å². The molecule has 0 radical (unpaired) electrons. The second-order valence-corrected chi connectivity index (χ2v) is 7.39. The Morgan fingerprint density at radius 2 is 1.04 bits per heavy atom. The Hall–Kier alpha value is -1.52. The van der Waals surface area contributed by atoms with Crippen molar-refractivity contribution >= 4 is 0 Å². The summed E-state index contributed by atoms with van der Waals surface area (Å²) in [5.74, 6) is 0.930. The smallest absolute Gasteiger partial charge is 0.661 e. The van der Waals surface area contributed by atoms with Crippen molar-refractivity contribution in [2.24, 2.45) is 11.8 Å². The summed E-state index contributed by atoms with van der Waals surface area (Å²) in [4.78, 5) is 0. The number of hydrogen-bond donors (Lipinski definition) is 0. The van der Waals surface area contributed by atoms with E-state index in [2.05, 4.69) is 62.6 Å². The molecular weight excluding hydrogens is 380 g/mol. The van der Waals surface area contributed by atoms with E-state index in [1.165, 1.54) is 11.1 Å². The van der Waals surface area contributed by atoms with Gasteiger partial charge in [0.1, 0.15) is 0 Å². The molecule has 0 unspecified atom stereocenters. The first-order valence-electron chi connectivity index (χ1n) is 9.35. The predicted molar refractivity (Wildman–Crippen MR) is 106 cm³/mol. The fourth-order valence-electron chi connectivity index (χ4n) is 2.92. The zero-order valence-electron chi connectivity index (χ0n) is 16.4. The maximum atomic E-state index is 5.55. The Morgan fingerprint density at radius 3 is 1.30 bits per heavy atom. The summed E-state index contributed by atoms with van der Waals surface area (Å²) in [6.07, 6.45) is 16.5. The number of ether oxygens (including phenoxy) is 2. The molecule has 0 N–H and O–H groups in total. The standard InChI is InChI=1S/2C11H14NO.Fe/c2*1-8(2)11-12-10(7-13-11)9-5-3-4-6-9;/h2*3-6,8,11H,7H2,1-2H3;/q2*-1;+2/t2*11-;/m11./s1. The van der Waals surface area contributed by atoms with Crippen LogP contribution in [0.5, 0.6) is 0 Å². The third-order valence-corrected chi connectivity index (χ3v) is 4.48. The van der Waals surface area contributed by atoms with E-state index in [9.17, 15) is 0 Å². The molecule has 2 atom stereocenters. The van der Waals surface area contributed by atoms with Crippen LogP contribution in [-0.4, -0.2) is 25.7 Å². The molecule has 0 aromatic carbocycles. The molecule has 0 saturated carbocycles. The van der Waals surface area contributed by atoms with Crippen LogP contribution in [0, 0.1) is 11.8 Å². The second-order valence-electron chi connectivity index (χ2n) is 7.39. The number of rotatable bonds is 2. The molecule has 0 aromatic rings. The van der Waals surface area contributed by atoms with Gasteiger partial charge in [0.05, 0.1) is 13.2 Å². The first kappa shape index (κ1) is 21.8. The quantitative estimate of drug-likeness (QED) is 0.567. The first-order chi connectivity index (χ1) is 12.5. The molecule has 0 amide bonds. The Balaban J connectivity index is 0.000000187. The molecule has 146 valence electrons. The van der Waals surface area contributed by atoms with Gasteiger partial charge in [0.2, 0.25) is 0 Å².